The minimum atomic E-state index is -0.251. The Kier molecular flexibility index (Phi) is 3.84. The molecule has 1 aromatic heterocycles. The lowest BCUT2D eigenvalue weighted by atomic mass is 10.1. The van der Waals surface area contributed by atoms with Crippen LogP contribution in [0.2, 0.25) is 0 Å². The number of nitrogens with two attached hydrogens (primary N) is 1. The van der Waals surface area contributed by atoms with Crippen LogP contribution in [-0.4, -0.2) is 29.1 Å². The van der Waals surface area contributed by atoms with E-state index in [0.717, 1.165) is 42.2 Å². The lowest BCUT2D eigenvalue weighted by Crippen LogP contribution is -2.36. The standard InChI is InChI=1S/C16H19FN4/c1-11-15(12-4-2-5-13(17)8-12)10-19-16(20-11)21-7-3-6-14(21)9-18/h2,4-5,8,10,14H,3,6-7,9,18H2,1H3. The zero-order valence-corrected chi connectivity index (χ0v) is 12.1. The summed E-state index contributed by atoms with van der Waals surface area (Å²) in [6.45, 7) is 3.49. The van der Waals surface area contributed by atoms with E-state index in [1.807, 2.05) is 13.0 Å². The van der Waals surface area contributed by atoms with Crippen molar-refractivity contribution in [1.82, 2.24) is 9.97 Å². The van der Waals surface area contributed by atoms with Crippen molar-refractivity contribution in [3.8, 4) is 11.1 Å². The SMILES string of the molecule is Cc1nc(N2CCCC2CN)ncc1-c1cccc(F)c1. The Morgan fingerprint density at radius 2 is 2.29 bits per heavy atom. The summed E-state index contributed by atoms with van der Waals surface area (Å²) in [7, 11) is 0. The van der Waals surface area contributed by atoms with Crippen LogP contribution < -0.4 is 10.6 Å². The van der Waals surface area contributed by atoms with Gasteiger partial charge in [-0.05, 0) is 37.5 Å². The highest BCUT2D eigenvalue weighted by molar-refractivity contribution is 5.65. The van der Waals surface area contributed by atoms with Gasteiger partial charge in [-0.3, -0.25) is 0 Å². The Bertz CT molecular complexity index is 644. The third kappa shape index (κ3) is 2.74. The van der Waals surface area contributed by atoms with Crippen molar-refractivity contribution in [3.63, 3.8) is 0 Å². The van der Waals surface area contributed by atoms with Gasteiger partial charge in [0.25, 0.3) is 0 Å². The van der Waals surface area contributed by atoms with E-state index >= 15 is 0 Å². The lowest BCUT2D eigenvalue weighted by Gasteiger charge is -2.23. The van der Waals surface area contributed by atoms with E-state index < -0.39 is 0 Å². The van der Waals surface area contributed by atoms with Crippen LogP contribution in [-0.2, 0) is 0 Å². The second-order valence-corrected chi connectivity index (χ2v) is 5.40. The summed E-state index contributed by atoms with van der Waals surface area (Å²) in [5.41, 5.74) is 8.32. The first-order valence-electron chi connectivity index (χ1n) is 7.25. The van der Waals surface area contributed by atoms with Gasteiger partial charge in [0.1, 0.15) is 5.82 Å². The highest BCUT2D eigenvalue weighted by Gasteiger charge is 2.25. The van der Waals surface area contributed by atoms with Gasteiger partial charge < -0.3 is 10.6 Å². The van der Waals surface area contributed by atoms with E-state index in [4.69, 9.17) is 5.73 Å². The minimum Gasteiger partial charge on any atom is -0.337 e. The Morgan fingerprint density at radius 1 is 1.43 bits per heavy atom. The summed E-state index contributed by atoms with van der Waals surface area (Å²) in [5.74, 6) is 0.472. The van der Waals surface area contributed by atoms with Crippen molar-refractivity contribution in [3.05, 3.63) is 42.0 Å². The minimum absolute atomic E-state index is 0.251. The van der Waals surface area contributed by atoms with Crippen molar-refractivity contribution in [2.45, 2.75) is 25.8 Å². The van der Waals surface area contributed by atoms with Gasteiger partial charge in [-0.2, -0.15) is 0 Å². The average molecular weight is 286 g/mol. The largest absolute Gasteiger partial charge is 0.337 e. The zero-order valence-electron chi connectivity index (χ0n) is 12.1. The maximum atomic E-state index is 13.3. The molecule has 3 rings (SSSR count). The summed E-state index contributed by atoms with van der Waals surface area (Å²) >= 11 is 0. The lowest BCUT2D eigenvalue weighted by molar-refractivity contribution is 0.628. The third-order valence-electron chi connectivity index (χ3n) is 4.01. The van der Waals surface area contributed by atoms with Crippen LogP contribution in [0.15, 0.2) is 30.5 Å². The number of halogens is 1. The Labute approximate surface area is 123 Å². The maximum absolute atomic E-state index is 13.3. The second-order valence-electron chi connectivity index (χ2n) is 5.40. The molecule has 1 atom stereocenters. The van der Waals surface area contributed by atoms with Gasteiger partial charge in [-0.15, -0.1) is 0 Å². The molecule has 2 N–H and O–H groups in total. The first-order valence-corrected chi connectivity index (χ1v) is 7.25. The van der Waals surface area contributed by atoms with E-state index in [1.54, 1.807) is 12.3 Å². The molecule has 0 spiro atoms. The molecule has 0 bridgehead atoms. The molecule has 1 saturated heterocycles. The highest BCUT2D eigenvalue weighted by Crippen LogP contribution is 2.26. The van der Waals surface area contributed by atoms with Gasteiger partial charge >= 0.3 is 0 Å². The summed E-state index contributed by atoms with van der Waals surface area (Å²) in [6.07, 6.45) is 3.98. The topological polar surface area (TPSA) is 55.0 Å². The van der Waals surface area contributed by atoms with Gasteiger partial charge in [0.05, 0.1) is 5.69 Å². The van der Waals surface area contributed by atoms with Crippen molar-refractivity contribution in [2.75, 3.05) is 18.0 Å². The molecule has 0 amide bonds. The number of aromatic nitrogens is 2. The quantitative estimate of drug-likeness (QED) is 0.942. The first kappa shape index (κ1) is 13.9. The number of anilines is 1. The fourth-order valence-corrected chi connectivity index (χ4v) is 2.88. The molecule has 0 radical (unpaired) electrons. The molecule has 1 aromatic carbocycles. The molecular formula is C16H19FN4. The number of rotatable bonds is 3. The molecule has 5 heteroatoms. The van der Waals surface area contributed by atoms with Gasteiger partial charge in [0.15, 0.2) is 0 Å². The molecule has 4 nitrogen and oxygen atoms in total. The summed E-state index contributed by atoms with van der Waals surface area (Å²) in [5, 5.41) is 0. The maximum Gasteiger partial charge on any atom is 0.225 e. The van der Waals surface area contributed by atoms with Gasteiger partial charge in [-0.1, -0.05) is 12.1 Å². The third-order valence-corrected chi connectivity index (χ3v) is 4.01. The molecule has 2 aromatic rings. The van der Waals surface area contributed by atoms with Crippen molar-refractivity contribution in [1.29, 1.82) is 0 Å². The molecule has 2 heterocycles. The van der Waals surface area contributed by atoms with Gasteiger partial charge in [-0.25, -0.2) is 14.4 Å². The number of aryl methyl sites for hydroxylation is 1. The van der Waals surface area contributed by atoms with E-state index in [1.165, 1.54) is 12.1 Å². The molecule has 1 aliphatic rings. The molecular weight excluding hydrogens is 267 g/mol. The van der Waals surface area contributed by atoms with Crippen LogP contribution in [0.25, 0.3) is 11.1 Å². The smallest absolute Gasteiger partial charge is 0.225 e. The van der Waals surface area contributed by atoms with Gasteiger partial charge in [0, 0.05) is 30.9 Å². The monoisotopic (exact) mass is 286 g/mol. The number of nitrogens with zero attached hydrogens (tertiary/aromatic N) is 3. The Hall–Kier alpha value is -2.01. The van der Waals surface area contributed by atoms with Crippen LogP contribution >= 0.6 is 0 Å². The van der Waals surface area contributed by atoms with Crippen LogP contribution in [0.1, 0.15) is 18.5 Å². The van der Waals surface area contributed by atoms with Crippen LogP contribution in [0.3, 0.4) is 0 Å². The molecule has 110 valence electrons. The number of hydrogen-bond acceptors (Lipinski definition) is 4. The Balaban J connectivity index is 1.93. The predicted octanol–water partition coefficient (Wildman–Crippen LogP) is 2.52. The number of hydrogen-bond donors (Lipinski definition) is 1. The molecule has 21 heavy (non-hydrogen) atoms. The summed E-state index contributed by atoms with van der Waals surface area (Å²) in [4.78, 5) is 11.2. The molecule has 1 unspecified atom stereocenters. The van der Waals surface area contributed by atoms with Crippen molar-refractivity contribution in [2.24, 2.45) is 5.73 Å². The average Bonchev–Trinajstić information content (AvgIpc) is 2.95. The van der Waals surface area contributed by atoms with Crippen LogP contribution in [0, 0.1) is 12.7 Å². The normalized spacial score (nSPS) is 18.2. The van der Waals surface area contributed by atoms with Crippen molar-refractivity contribution < 1.29 is 4.39 Å². The van der Waals surface area contributed by atoms with Crippen LogP contribution in [0.4, 0.5) is 10.3 Å². The number of benzene rings is 1. The van der Waals surface area contributed by atoms with E-state index in [-0.39, 0.29) is 5.82 Å². The molecule has 1 aliphatic heterocycles. The van der Waals surface area contributed by atoms with Crippen LogP contribution in [0.5, 0.6) is 0 Å². The second kappa shape index (κ2) is 5.77. The van der Waals surface area contributed by atoms with Crippen molar-refractivity contribution >= 4 is 5.95 Å². The van der Waals surface area contributed by atoms with E-state index in [9.17, 15) is 4.39 Å². The fraction of sp³-hybridized carbons (Fsp3) is 0.375. The van der Waals surface area contributed by atoms with E-state index in [2.05, 4.69) is 14.9 Å². The fourth-order valence-electron chi connectivity index (χ4n) is 2.88. The molecule has 1 fully saturated rings. The van der Waals surface area contributed by atoms with E-state index in [0.29, 0.717) is 12.6 Å². The Morgan fingerprint density at radius 3 is 3.00 bits per heavy atom. The zero-order chi connectivity index (χ0) is 14.8. The molecule has 0 aliphatic carbocycles. The first-order chi connectivity index (χ1) is 10.2. The molecule has 0 saturated carbocycles. The summed E-state index contributed by atoms with van der Waals surface area (Å²) in [6, 6.07) is 6.83. The summed E-state index contributed by atoms with van der Waals surface area (Å²) < 4.78 is 13.3. The van der Waals surface area contributed by atoms with Gasteiger partial charge in [0.2, 0.25) is 5.95 Å². The predicted molar refractivity (Wildman–Crippen MR) is 81.6 cm³/mol. The highest BCUT2D eigenvalue weighted by atomic mass is 19.1.